The van der Waals surface area contributed by atoms with Crippen LogP contribution in [0.1, 0.15) is 20.8 Å². The number of amides is 1. The molecular formula is C16H17Cl2NO3S. The molecule has 7 heteroatoms. The van der Waals surface area contributed by atoms with Crippen LogP contribution in [0.25, 0.3) is 0 Å². The summed E-state index contributed by atoms with van der Waals surface area (Å²) in [5.74, 6) is -2.51. The summed E-state index contributed by atoms with van der Waals surface area (Å²) in [5, 5.41) is 2.50. The lowest BCUT2D eigenvalue weighted by Gasteiger charge is -2.31. The minimum absolute atomic E-state index is 0.0586. The minimum atomic E-state index is -1.27. The summed E-state index contributed by atoms with van der Waals surface area (Å²) in [4.78, 5) is 37.3. The second kappa shape index (κ2) is 7.24. The number of hydrogen-bond acceptors (Lipinski definition) is 4. The van der Waals surface area contributed by atoms with E-state index in [9.17, 15) is 14.4 Å². The van der Waals surface area contributed by atoms with Gasteiger partial charge in [0.15, 0.2) is 17.5 Å². The Labute approximate surface area is 149 Å². The zero-order valence-electron chi connectivity index (χ0n) is 12.9. The molecule has 0 spiro atoms. The Bertz CT molecular complexity index is 663. The maximum atomic E-state index is 12.5. The number of rotatable bonds is 3. The van der Waals surface area contributed by atoms with Gasteiger partial charge in [0.05, 0.1) is 20.5 Å². The van der Waals surface area contributed by atoms with Gasteiger partial charge in [0.2, 0.25) is 5.91 Å². The molecule has 23 heavy (non-hydrogen) atoms. The maximum absolute atomic E-state index is 12.5. The summed E-state index contributed by atoms with van der Waals surface area (Å²) in [6, 6.07) is 4.60. The van der Waals surface area contributed by atoms with Gasteiger partial charge in [-0.1, -0.05) is 37.0 Å². The lowest BCUT2D eigenvalue weighted by atomic mass is 9.89. The highest BCUT2D eigenvalue weighted by Crippen LogP contribution is 2.35. The number of thioether (sulfide) groups is 1. The minimum Gasteiger partial charge on any atom is -0.325 e. The van der Waals surface area contributed by atoms with Crippen LogP contribution in [0, 0.1) is 11.8 Å². The van der Waals surface area contributed by atoms with Crippen molar-refractivity contribution < 1.29 is 14.4 Å². The van der Waals surface area contributed by atoms with E-state index in [2.05, 4.69) is 5.32 Å². The molecule has 1 N–H and O–H groups in total. The number of carbonyl (C=O) groups is 3. The first-order valence-electron chi connectivity index (χ1n) is 7.21. The van der Waals surface area contributed by atoms with E-state index in [4.69, 9.17) is 23.2 Å². The predicted octanol–water partition coefficient (Wildman–Crippen LogP) is 3.85. The molecule has 0 aromatic heterocycles. The second-order valence-electron chi connectivity index (χ2n) is 5.80. The van der Waals surface area contributed by atoms with E-state index in [1.54, 1.807) is 19.1 Å². The van der Waals surface area contributed by atoms with Crippen LogP contribution in [0.3, 0.4) is 0 Å². The predicted molar refractivity (Wildman–Crippen MR) is 94.3 cm³/mol. The highest BCUT2D eigenvalue weighted by atomic mass is 35.5. The van der Waals surface area contributed by atoms with Gasteiger partial charge in [0.1, 0.15) is 0 Å². The number of halogens is 2. The van der Waals surface area contributed by atoms with E-state index >= 15 is 0 Å². The lowest BCUT2D eigenvalue weighted by molar-refractivity contribution is -0.139. The van der Waals surface area contributed by atoms with E-state index in [-0.39, 0.29) is 33.0 Å². The Morgan fingerprint density at radius 3 is 2.39 bits per heavy atom. The molecule has 0 saturated carbocycles. The van der Waals surface area contributed by atoms with Gasteiger partial charge in [0, 0.05) is 5.69 Å². The highest BCUT2D eigenvalue weighted by molar-refractivity contribution is 8.02. The molecule has 0 bridgehead atoms. The number of hydrogen-bond donors (Lipinski definition) is 1. The molecule has 1 heterocycles. The second-order valence-corrected chi connectivity index (χ2v) is 8.10. The van der Waals surface area contributed by atoms with E-state index in [1.807, 2.05) is 13.8 Å². The first-order chi connectivity index (χ1) is 10.7. The van der Waals surface area contributed by atoms with Crippen molar-refractivity contribution in [2.75, 3.05) is 5.32 Å². The lowest BCUT2D eigenvalue weighted by Crippen LogP contribution is -2.49. The average molecular weight is 374 g/mol. The van der Waals surface area contributed by atoms with Crippen LogP contribution in [0.4, 0.5) is 5.69 Å². The fourth-order valence-corrected chi connectivity index (χ4v) is 4.02. The van der Waals surface area contributed by atoms with Gasteiger partial charge >= 0.3 is 0 Å². The first kappa shape index (κ1) is 18.3. The van der Waals surface area contributed by atoms with Crippen LogP contribution >= 0.6 is 35.0 Å². The van der Waals surface area contributed by atoms with Crippen molar-refractivity contribution in [1.29, 1.82) is 0 Å². The molecule has 1 aromatic carbocycles. The summed E-state index contributed by atoms with van der Waals surface area (Å²) in [6.07, 6.45) is 0. The number of anilines is 1. The van der Waals surface area contributed by atoms with E-state index in [0.717, 1.165) is 0 Å². The summed E-state index contributed by atoms with van der Waals surface area (Å²) >= 11 is 13.1. The van der Waals surface area contributed by atoms with Crippen LogP contribution in [-0.4, -0.2) is 28.0 Å². The number of nitrogens with one attached hydrogen (secondary N) is 1. The monoisotopic (exact) mass is 373 g/mol. The van der Waals surface area contributed by atoms with Crippen LogP contribution in [0.2, 0.25) is 10.0 Å². The van der Waals surface area contributed by atoms with Gasteiger partial charge in [-0.3, -0.25) is 14.4 Å². The van der Waals surface area contributed by atoms with Crippen LogP contribution in [-0.2, 0) is 14.4 Å². The third-order valence-corrected chi connectivity index (χ3v) is 6.11. The molecule has 2 rings (SSSR count). The molecule has 3 unspecified atom stereocenters. The smallest absolute Gasteiger partial charge is 0.242 e. The topological polar surface area (TPSA) is 63.2 Å². The third kappa shape index (κ3) is 3.90. The maximum Gasteiger partial charge on any atom is 0.242 e. The molecule has 1 fully saturated rings. The average Bonchev–Trinajstić information content (AvgIpc) is 2.46. The normalized spacial score (nSPS) is 24.9. The van der Waals surface area contributed by atoms with Crippen molar-refractivity contribution in [1.82, 2.24) is 0 Å². The highest BCUT2D eigenvalue weighted by Gasteiger charge is 2.46. The first-order valence-corrected chi connectivity index (χ1v) is 8.91. The van der Waals surface area contributed by atoms with Crippen molar-refractivity contribution in [2.45, 2.75) is 31.3 Å². The van der Waals surface area contributed by atoms with Crippen LogP contribution in [0.5, 0.6) is 0 Å². The van der Waals surface area contributed by atoms with Gasteiger partial charge in [-0.15, -0.1) is 11.8 Å². The zero-order chi connectivity index (χ0) is 17.3. The molecule has 0 radical (unpaired) electrons. The van der Waals surface area contributed by atoms with Gasteiger partial charge in [-0.25, -0.2) is 0 Å². The van der Waals surface area contributed by atoms with Gasteiger partial charge in [0.25, 0.3) is 0 Å². The molecule has 4 nitrogen and oxygen atoms in total. The summed E-state index contributed by atoms with van der Waals surface area (Å²) in [5.41, 5.74) is 0.400. The Kier molecular flexibility index (Phi) is 5.76. The summed E-state index contributed by atoms with van der Waals surface area (Å²) < 4.78 is 0. The van der Waals surface area contributed by atoms with Crippen molar-refractivity contribution >= 4 is 58.1 Å². The third-order valence-electron chi connectivity index (χ3n) is 3.66. The van der Waals surface area contributed by atoms with E-state index in [1.165, 1.54) is 17.8 Å². The van der Waals surface area contributed by atoms with Gasteiger partial charge < -0.3 is 5.32 Å². The molecular weight excluding hydrogens is 357 g/mol. The summed E-state index contributed by atoms with van der Waals surface area (Å²) in [6.45, 7) is 5.55. The Hall–Kier alpha value is -1.04. The number of carbonyl (C=O) groups excluding carboxylic acids is 3. The fourth-order valence-electron chi connectivity index (χ4n) is 2.43. The molecule has 1 aromatic rings. The van der Waals surface area contributed by atoms with Crippen LogP contribution < -0.4 is 5.32 Å². The molecule has 3 atom stereocenters. The molecule has 1 amide bonds. The molecule has 0 aliphatic carbocycles. The van der Waals surface area contributed by atoms with E-state index < -0.39 is 11.8 Å². The molecule has 1 aliphatic rings. The SMILES string of the molecule is CC1SC(C(C)C)C(=O)C(C(=O)Nc2ccc(Cl)c(Cl)c2)C1=O. The summed E-state index contributed by atoms with van der Waals surface area (Å²) in [7, 11) is 0. The van der Waals surface area contributed by atoms with Crippen LogP contribution in [0.15, 0.2) is 18.2 Å². The largest absolute Gasteiger partial charge is 0.325 e. The number of Topliss-reactive ketones (excluding diaryl/α,β-unsaturated/α-hetero) is 2. The fraction of sp³-hybridized carbons (Fsp3) is 0.438. The Morgan fingerprint density at radius 2 is 1.83 bits per heavy atom. The molecule has 1 saturated heterocycles. The van der Waals surface area contributed by atoms with Crippen molar-refractivity contribution in [3.63, 3.8) is 0 Å². The standard InChI is InChI=1S/C16H17Cl2NO3S/c1-7(2)15-14(21)12(13(20)8(3)23-15)16(22)19-9-4-5-10(17)11(18)6-9/h4-8,12,15H,1-3H3,(H,19,22). The molecule has 124 valence electrons. The quantitative estimate of drug-likeness (QED) is 0.817. The number of ketones is 2. The Balaban J connectivity index is 2.23. The number of benzene rings is 1. The van der Waals surface area contributed by atoms with Crippen molar-refractivity contribution in [3.05, 3.63) is 28.2 Å². The molecule has 1 aliphatic heterocycles. The zero-order valence-corrected chi connectivity index (χ0v) is 15.3. The van der Waals surface area contributed by atoms with Crippen molar-refractivity contribution in [2.24, 2.45) is 11.8 Å². The van der Waals surface area contributed by atoms with E-state index in [0.29, 0.717) is 10.7 Å². The van der Waals surface area contributed by atoms with Crippen molar-refractivity contribution in [3.8, 4) is 0 Å². The van der Waals surface area contributed by atoms with Gasteiger partial charge in [-0.05, 0) is 31.0 Å². The Morgan fingerprint density at radius 1 is 1.17 bits per heavy atom. The van der Waals surface area contributed by atoms with Gasteiger partial charge in [-0.2, -0.15) is 0 Å².